The molecule has 0 spiro atoms. The van der Waals surface area contributed by atoms with Gasteiger partial charge >= 0.3 is 62.2 Å². The van der Waals surface area contributed by atoms with Crippen molar-refractivity contribution in [2.75, 3.05) is 64.9 Å². The van der Waals surface area contributed by atoms with Crippen LogP contribution in [-0.4, -0.2) is 81.8 Å². The maximum Gasteiger partial charge on any atom is 3.00 e. The van der Waals surface area contributed by atoms with Gasteiger partial charge in [-0.3, -0.25) is 4.68 Å². The molecule has 0 amide bonds. The second kappa shape index (κ2) is 47.4. The Balaban J connectivity index is 0.000000302. The van der Waals surface area contributed by atoms with Crippen LogP contribution in [0.5, 0.6) is 0 Å². The molecule has 2 N–H and O–H groups in total. The Morgan fingerprint density at radius 3 is 1.21 bits per heavy atom. The third-order valence-electron chi connectivity index (χ3n) is 14.0. The summed E-state index contributed by atoms with van der Waals surface area (Å²) in [5.74, 6) is 0. The zero-order valence-electron chi connectivity index (χ0n) is 56.0. The third-order valence-corrected chi connectivity index (χ3v) is 14.0. The summed E-state index contributed by atoms with van der Waals surface area (Å²) in [6.45, 7) is 13.0. The van der Waals surface area contributed by atoms with Crippen molar-refractivity contribution in [3.63, 3.8) is 0 Å². The maximum atomic E-state index is 8.99. The van der Waals surface area contributed by atoms with Gasteiger partial charge in [0.25, 0.3) is 0 Å². The van der Waals surface area contributed by atoms with Gasteiger partial charge in [-0.2, -0.15) is 196 Å². The number of aliphatic hydroxyl groups excluding tert-OH is 1. The van der Waals surface area contributed by atoms with Crippen LogP contribution in [0.25, 0.3) is 27.7 Å². The molecular weight excluding hydrogens is 2320 g/mol. The summed E-state index contributed by atoms with van der Waals surface area (Å²) in [5.41, 5.74) is 20.5. The van der Waals surface area contributed by atoms with E-state index in [1.807, 2.05) is 314 Å². The number of anilines is 6. The monoisotopic (exact) mass is 2400 g/mol. The molecule has 15 rings (SSSR count). The Kier molecular flexibility index (Phi) is 41.5. The van der Waals surface area contributed by atoms with E-state index < -0.39 is 0 Å². The van der Waals surface area contributed by atoms with E-state index in [1.165, 1.54) is 16.7 Å². The Hall–Kier alpha value is -6.78. The van der Waals surface area contributed by atoms with E-state index in [1.54, 1.807) is 10.9 Å². The summed E-state index contributed by atoms with van der Waals surface area (Å²) in [7, 11) is 9.92. The predicted octanol–water partition coefficient (Wildman–Crippen LogP) is 14.8. The number of nitrogens with zero attached hydrogens (tertiary/aromatic N) is 14. The topological polar surface area (TPSA) is 111 Å². The van der Waals surface area contributed by atoms with Crippen molar-refractivity contribution >= 4 is 34.1 Å². The molecule has 0 bridgehead atoms. The van der Waals surface area contributed by atoms with E-state index in [9.17, 15) is 0 Å². The summed E-state index contributed by atoms with van der Waals surface area (Å²) in [4.78, 5) is 16.1. The van der Waals surface area contributed by atoms with Gasteiger partial charge in [-0.05, 0) is 121 Å². The number of benzene rings is 8. The molecule has 0 aliphatic carbocycles. The molecule has 2 atom stereocenters. The van der Waals surface area contributed by atoms with Gasteiger partial charge in [-0.1, -0.05) is 67.7 Å². The van der Waals surface area contributed by atoms with Crippen LogP contribution in [0.15, 0.2) is 275 Å². The first-order chi connectivity index (χ1) is 46.0. The molecule has 7 heterocycles. The van der Waals surface area contributed by atoms with Crippen molar-refractivity contribution in [1.82, 2.24) is 34.7 Å². The average Bonchev–Trinajstić information content (AvgIpc) is 1.44. The van der Waals surface area contributed by atoms with Gasteiger partial charge < -0.3 is 70.5 Å². The van der Waals surface area contributed by atoms with E-state index >= 15 is 0 Å². The van der Waals surface area contributed by atoms with Crippen LogP contribution in [0.1, 0.15) is 25.0 Å². The molecule has 9 aromatic rings. The zero-order chi connectivity index (χ0) is 65.7. The first kappa shape index (κ1) is 87.4. The molecule has 8 aromatic carbocycles. The molecule has 0 saturated carbocycles. The minimum atomic E-state index is 0. The van der Waals surface area contributed by atoms with E-state index in [2.05, 4.69) is 143 Å². The minimum Gasteiger partial charge on any atom is -0.559 e. The van der Waals surface area contributed by atoms with E-state index in [4.69, 9.17) is 5.11 Å². The van der Waals surface area contributed by atoms with Crippen LogP contribution in [0.2, 0.25) is 0 Å². The van der Waals surface area contributed by atoms with Gasteiger partial charge in [-0.25, -0.2) is 0 Å². The van der Waals surface area contributed by atoms with Crippen LogP contribution < -0.4 is 34.9 Å². The normalized spacial score (nSPS) is 15.2. The van der Waals surface area contributed by atoms with Crippen LogP contribution in [0.3, 0.4) is 0 Å². The van der Waals surface area contributed by atoms with Crippen molar-refractivity contribution in [1.29, 1.82) is 0 Å². The number of hydrogen-bond donors (Lipinski definition) is 2. The molecule has 100 heavy (non-hydrogen) atoms. The summed E-state index contributed by atoms with van der Waals surface area (Å²) < 4.78 is 1.78. The molecular formula is C78H78Ir4N15OPt2-6. The summed E-state index contributed by atoms with van der Waals surface area (Å²) in [6.07, 6.45) is 27.7. The molecule has 2 unspecified atom stereocenters. The van der Waals surface area contributed by atoms with Gasteiger partial charge in [0.1, 0.15) is 0 Å². The molecule has 1 aromatic heterocycles. The smallest absolute Gasteiger partial charge is 0.559 e. The quantitative estimate of drug-likeness (QED) is 0.120. The van der Waals surface area contributed by atoms with Crippen molar-refractivity contribution in [2.24, 2.45) is 0 Å². The second-order valence-corrected chi connectivity index (χ2v) is 21.7. The molecule has 16 nitrogen and oxygen atoms in total. The van der Waals surface area contributed by atoms with Gasteiger partial charge in [0, 0.05) is 79.3 Å². The van der Waals surface area contributed by atoms with Gasteiger partial charge in [0.05, 0.1) is 0 Å². The number of rotatable bonds is 11. The standard InChI is InChI=1S/C16H14N2.C12H15N3.C11H12N2O.3C10H10N2.C9H7N2.4Ir.2Pt/c1-17-10-11-18(13-17)16-9-5-8-15(12-16)14-6-3-2-4-7-14;1-10-6-7-15(14-10)12-5-3-4-11(8-12)9-13-2;1-12-5-6-13(9-12)11-4-2-3-10(7-11)8-14;2*1-11-7-8-12(9-11)10-5-3-2-4-6-10;1-9-7-8-12(11-9)10-5-3-2-4-6-10;1-2-5-9(6-3-1)11-8-4-7-10-11;;;;;;/h2-8,10-13H,1H3;3-4,6-8,10,13H,9H2,1-2H3;2-3,5-7,9,14H,8H2,1H3;3*2-5,7-9H,1H3;1-5,7-8H;;;;;;/q6*-2;-1;;;;+3;2*+2. The van der Waals surface area contributed by atoms with E-state index in [-0.39, 0.29) is 135 Å². The second-order valence-electron chi connectivity index (χ2n) is 21.7. The third kappa shape index (κ3) is 28.6. The number of nitrogens with one attached hydrogen (secondary N) is 1. The Bertz CT molecular complexity index is 3700. The van der Waals surface area contributed by atoms with Gasteiger partial charge in [0.15, 0.2) is 0 Å². The SMILES string of the molecule is CC1C=CN(c2[c-]cccc2)[N-]1.CN1C=CN(c2[c-]ccc(-c3ccccc3)c2)[CH-]1.CN1C=CN(c2[c-]ccc(CO)c2)[CH-]1.CN1C=CN(c2[c-]cccc2)[CH-]1.CN1C=CN(c2[c-]cccc2)[CH-]1.CNCc1cc[c-]c(N2C=CC(C)[N-]2)c1.[Ir+3].[Ir].[Ir].[Ir].[Pt+2].[Pt+2].[c-]1ccccc1-n1cccn1. The maximum absolute atomic E-state index is 8.99. The fraction of sp³-hybridized carbons (Fsp3) is 0.141. The molecule has 22 heteroatoms. The molecule has 3 radical (unpaired) electrons. The fourth-order valence-electron chi connectivity index (χ4n) is 9.27. The summed E-state index contributed by atoms with van der Waals surface area (Å²) >= 11 is 0. The fourth-order valence-corrected chi connectivity index (χ4v) is 9.27. The number of para-hydroxylation sites is 4. The first-order valence-corrected chi connectivity index (χ1v) is 30.7. The zero-order valence-corrected chi connectivity index (χ0v) is 70.2. The molecule has 6 aliphatic rings. The summed E-state index contributed by atoms with van der Waals surface area (Å²) in [5, 5.41) is 19.9. The summed E-state index contributed by atoms with van der Waals surface area (Å²) in [6, 6.07) is 84.1. The van der Waals surface area contributed by atoms with Crippen LogP contribution >= 0.6 is 0 Å². The Morgan fingerprint density at radius 1 is 0.420 bits per heavy atom. The van der Waals surface area contributed by atoms with E-state index in [0.717, 1.165) is 51.9 Å². The largest absolute Gasteiger partial charge is 3.00 e. The Morgan fingerprint density at radius 2 is 0.810 bits per heavy atom. The van der Waals surface area contributed by atoms with Crippen LogP contribution in [-0.2, 0) is 136 Å². The van der Waals surface area contributed by atoms with Gasteiger partial charge in [0.2, 0.25) is 0 Å². The number of hydrogen-bond acceptors (Lipinski definition) is 13. The minimum absolute atomic E-state index is 0. The molecule has 0 saturated heterocycles. The molecule has 6 aliphatic heterocycles. The van der Waals surface area contributed by atoms with Crippen molar-refractivity contribution in [2.45, 2.75) is 39.1 Å². The molecule has 533 valence electrons. The first-order valence-electron chi connectivity index (χ1n) is 30.7. The van der Waals surface area contributed by atoms with E-state index in [0.29, 0.717) is 6.04 Å². The predicted molar refractivity (Wildman–Crippen MR) is 382 cm³/mol. The van der Waals surface area contributed by atoms with Crippen LogP contribution in [0, 0.1) is 69.1 Å². The number of aliphatic hydroxyl groups is 1. The van der Waals surface area contributed by atoms with Crippen molar-refractivity contribution in [3.8, 4) is 16.8 Å². The van der Waals surface area contributed by atoms with Crippen LogP contribution in [0.4, 0.5) is 34.1 Å². The number of aromatic nitrogens is 2. The average molecular weight is 2400 g/mol. The molecule has 0 fully saturated rings. The van der Waals surface area contributed by atoms with Crippen molar-refractivity contribution in [3.05, 3.63) is 366 Å². The van der Waals surface area contributed by atoms with Crippen molar-refractivity contribution < 1.29 is 128 Å². The van der Waals surface area contributed by atoms with Gasteiger partial charge in [-0.15, -0.1) is 81.9 Å². The Labute approximate surface area is 676 Å².